The minimum Gasteiger partial charge on any atom is -0.398 e. The van der Waals surface area contributed by atoms with Gasteiger partial charge in [-0.05, 0) is 23.8 Å². The summed E-state index contributed by atoms with van der Waals surface area (Å²) in [7, 11) is 0. The molecule has 7 heteroatoms. The van der Waals surface area contributed by atoms with Gasteiger partial charge in [-0.2, -0.15) is 13.2 Å². The van der Waals surface area contributed by atoms with Gasteiger partial charge in [0.1, 0.15) is 0 Å². The van der Waals surface area contributed by atoms with Crippen LogP contribution in [0.2, 0.25) is 0 Å². The van der Waals surface area contributed by atoms with Gasteiger partial charge in [0, 0.05) is 12.1 Å². The lowest BCUT2D eigenvalue weighted by atomic mass is 10.1. The van der Waals surface area contributed by atoms with Crippen LogP contribution in [0.4, 0.5) is 18.9 Å². The van der Waals surface area contributed by atoms with Crippen LogP contribution in [0.1, 0.15) is 24.5 Å². The molecule has 18 heavy (non-hydrogen) atoms. The first-order valence-electron chi connectivity index (χ1n) is 5.12. The molecule has 0 aromatic heterocycles. The third-order valence-corrected chi connectivity index (χ3v) is 2.86. The molecule has 1 rings (SSSR count). The van der Waals surface area contributed by atoms with E-state index in [4.69, 9.17) is 9.92 Å². The van der Waals surface area contributed by atoms with Gasteiger partial charge in [-0.25, -0.2) is 0 Å². The van der Waals surface area contributed by atoms with Gasteiger partial charge in [-0.3, -0.25) is 4.79 Å². The third kappa shape index (κ3) is 4.14. The Morgan fingerprint density at radius 1 is 1.44 bits per heavy atom. The van der Waals surface area contributed by atoms with E-state index < -0.39 is 17.7 Å². The number of carbonyl (C=O) groups excluding carboxylic acids is 1. The van der Waals surface area contributed by atoms with E-state index in [0.29, 0.717) is 5.56 Å². The molecular formula is C11H12F3NO2S. The van der Waals surface area contributed by atoms with Crippen LogP contribution in [0.5, 0.6) is 0 Å². The summed E-state index contributed by atoms with van der Waals surface area (Å²) in [6.45, 7) is 1.63. The Labute approximate surface area is 107 Å². The fraction of sp³-hybridized carbons (Fsp3) is 0.364. The number of hydrogen-bond acceptors (Lipinski definition) is 4. The quantitative estimate of drug-likeness (QED) is 0.678. The molecule has 3 nitrogen and oxygen atoms in total. The zero-order chi connectivity index (χ0) is 13.8. The van der Waals surface area contributed by atoms with Crippen molar-refractivity contribution in [2.75, 3.05) is 5.73 Å². The monoisotopic (exact) mass is 279 g/mol. The molecule has 0 aliphatic carbocycles. The molecule has 0 radical (unpaired) electrons. The van der Waals surface area contributed by atoms with Crippen LogP contribution < -0.4 is 5.73 Å². The summed E-state index contributed by atoms with van der Waals surface area (Å²) >= 11 is 0.776. The molecule has 1 aromatic carbocycles. The van der Waals surface area contributed by atoms with E-state index in [2.05, 4.69) is 0 Å². The SMILES string of the molecule is CCC(=O)OSCc1cc(C(F)(F)F)ccc1N. The number of benzene rings is 1. The van der Waals surface area contributed by atoms with E-state index in [1.54, 1.807) is 6.92 Å². The minimum atomic E-state index is -4.41. The molecule has 0 spiro atoms. The number of halogens is 3. The Morgan fingerprint density at radius 3 is 2.67 bits per heavy atom. The molecular weight excluding hydrogens is 267 g/mol. The van der Waals surface area contributed by atoms with Gasteiger partial charge in [0.2, 0.25) is 0 Å². The van der Waals surface area contributed by atoms with Crippen molar-refractivity contribution in [3.63, 3.8) is 0 Å². The van der Waals surface area contributed by atoms with Crippen molar-refractivity contribution in [1.29, 1.82) is 0 Å². The van der Waals surface area contributed by atoms with Crippen LogP contribution in [-0.2, 0) is 20.9 Å². The second-order valence-corrected chi connectivity index (χ2v) is 4.17. The lowest BCUT2D eigenvalue weighted by Crippen LogP contribution is -2.06. The number of hydrogen-bond donors (Lipinski definition) is 1. The second-order valence-electron chi connectivity index (χ2n) is 3.48. The summed E-state index contributed by atoms with van der Waals surface area (Å²) < 4.78 is 42.1. The first-order chi connectivity index (χ1) is 8.34. The van der Waals surface area contributed by atoms with Gasteiger partial charge in [-0.15, -0.1) is 0 Å². The number of nitrogens with two attached hydrogens (primary N) is 1. The van der Waals surface area contributed by atoms with Gasteiger partial charge < -0.3 is 9.92 Å². The summed E-state index contributed by atoms with van der Waals surface area (Å²) in [5.74, 6) is -0.341. The van der Waals surface area contributed by atoms with E-state index in [1.807, 2.05) is 0 Å². The summed E-state index contributed by atoms with van der Waals surface area (Å²) in [4.78, 5) is 10.9. The fourth-order valence-corrected chi connectivity index (χ4v) is 1.81. The molecule has 0 saturated carbocycles. The Kier molecular flexibility index (Phi) is 4.89. The molecule has 0 heterocycles. The number of anilines is 1. The zero-order valence-corrected chi connectivity index (χ0v) is 10.4. The summed E-state index contributed by atoms with van der Waals surface area (Å²) in [6, 6.07) is 3.07. The predicted molar refractivity (Wildman–Crippen MR) is 63.5 cm³/mol. The molecule has 0 aliphatic rings. The molecule has 0 saturated heterocycles. The molecule has 0 bridgehead atoms. The van der Waals surface area contributed by atoms with E-state index in [1.165, 1.54) is 6.07 Å². The highest BCUT2D eigenvalue weighted by molar-refractivity contribution is 7.94. The van der Waals surface area contributed by atoms with E-state index in [-0.39, 0.29) is 17.9 Å². The molecule has 0 aliphatic heterocycles. The maximum atomic E-state index is 12.5. The van der Waals surface area contributed by atoms with E-state index >= 15 is 0 Å². The number of alkyl halides is 3. The van der Waals surface area contributed by atoms with Crippen LogP contribution in [0.15, 0.2) is 18.2 Å². The highest BCUT2D eigenvalue weighted by Crippen LogP contribution is 2.32. The zero-order valence-electron chi connectivity index (χ0n) is 9.58. The maximum absolute atomic E-state index is 12.5. The Hall–Kier alpha value is -1.37. The second kappa shape index (κ2) is 5.99. The van der Waals surface area contributed by atoms with Gasteiger partial charge in [0.25, 0.3) is 0 Å². The predicted octanol–water partition coefficient (Wildman–Crippen LogP) is 3.39. The lowest BCUT2D eigenvalue weighted by Gasteiger charge is -2.10. The van der Waals surface area contributed by atoms with Gasteiger partial charge in [0.05, 0.1) is 23.4 Å². The highest BCUT2D eigenvalue weighted by Gasteiger charge is 2.30. The average molecular weight is 279 g/mol. The topological polar surface area (TPSA) is 52.3 Å². The Bertz CT molecular complexity index is 435. The van der Waals surface area contributed by atoms with Crippen molar-refractivity contribution in [2.24, 2.45) is 0 Å². The van der Waals surface area contributed by atoms with Crippen molar-refractivity contribution < 1.29 is 22.1 Å². The summed E-state index contributed by atoms with van der Waals surface area (Å²) in [5, 5.41) is 0. The minimum absolute atomic E-state index is 0.0848. The molecule has 100 valence electrons. The standard InChI is InChI=1S/C11H12F3NO2S/c1-2-10(16)17-18-6-7-5-8(11(12,13)14)3-4-9(7)15/h3-5H,2,6,15H2,1H3. The third-order valence-electron chi connectivity index (χ3n) is 2.13. The van der Waals surface area contributed by atoms with Crippen LogP contribution >= 0.6 is 12.0 Å². The molecule has 0 atom stereocenters. The molecule has 1 aromatic rings. The number of rotatable bonds is 4. The van der Waals surface area contributed by atoms with Crippen molar-refractivity contribution in [1.82, 2.24) is 0 Å². The average Bonchev–Trinajstić information content (AvgIpc) is 2.29. The van der Waals surface area contributed by atoms with Gasteiger partial charge >= 0.3 is 12.1 Å². The maximum Gasteiger partial charge on any atom is 0.416 e. The van der Waals surface area contributed by atoms with Crippen LogP contribution in [-0.4, -0.2) is 5.97 Å². The van der Waals surface area contributed by atoms with E-state index in [9.17, 15) is 18.0 Å². The van der Waals surface area contributed by atoms with Crippen molar-refractivity contribution in [2.45, 2.75) is 25.3 Å². The van der Waals surface area contributed by atoms with Gasteiger partial charge in [0.15, 0.2) is 0 Å². The first-order valence-corrected chi connectivity index (χ1v) is 6.03. The molecule has 0 unspecified atom stereocenters. The van der Waals surface area contributed by atoms with Gasteiger partial charge in [-0.1, -0.05) is 6.92 Å². The number of nitrogen functional groups attached to an aromatic ring is 1. The highest BCUT2D eigenvalue weighted by atomic mass is 32.2. The molecule has 0 fully saturated rings. The fourth-order valence-electron chi connectivity index (χ4n) is 1.12. The first kappa shape index (κ1) is 14.7. The number of carbonyl (C=O) groups is 1. The van der Waals surface area contributed by atoms with Crippen molar-refractivity contribution in [3.05, 3.63) is 29.3 Å². The Morgan fingerprint density at radius 2 is 2.11 bits per heavy atom. The van der Waals surface area contributed by atoms with Crippen molar-refractivity contribution in [3.8, 4) is 0 Å². The smallest absolute Gasteiger partial charge is 0.398 e. The lowest BCUT2D eigenvalue weighted by molar-refractivity contribution is -0.137. The molecule has 2 N–H and O–H groups in total. The summed E-state index contributed by atoms with van der Waals surface area (Å²) in [6.07, 6.45) is -4.20. The Balaban J connectivity index is 2.73. The van der Waals surface area contributed by atoms with Crippen LogP contribution in [0, 0.1) is 0 Å². The van der Waals surface area contributed by atoms with Crippen molar-refractivity contribution >= 4 is 23.7 Å². The van der Waals surface area contributed by atoms with E-state index in [0.717, 1.165) is 24.2 Å². The normalized spacial score (nSPS) is 11.3. The largest absolute Gasteiger partial charge is 0.416 e. The van der Waals surface area contributed by atoms with Crippen LogP contribution in [0.3, 0.4) is 0 Å². The summed E-state index contributed by atoms with van der Waals surface area (Å²) in [5.41, 5.74) is 5.32. The van der Waals surface area contributed by atoms with Crippen LogP contribution in [0.25, 0.3) is 0 Å². The molecule has 0 amide bonds.